The lowest BCUT2D eigenvalue weighted by molar-refractivity contribution is -0.384. The third-order valence-corrected chi connectivity index (χ3v) is 1.73. The van der Waals surface area contributed by atoms with Gasteiger partial charge in [-0.3, -0.25) is 15.0 Å². The van der Waals surface area contributed by atoms with Crippen LogP contribution in [0.1, 0.15) is 5.56 Å². The van der Waals surface area contributed by atoms with E-state index in [1.807, 2.05) is 0 Å². The van der Waals surface area contributed by atoms with Crippen LogP contribution < -0.4 is 4.84 Å². The third-order valence-electron chi connectivity index (χ3n) is 1.52. The number of halogens is 1. The van der Waals surface area contributed by atoms with E-state index < -0.39 is 4.92 Å². The predicted molar refractivity (Wildman–Crippen MR) is 47.3 cm³/mol. The van der Waals surface area contributed by atoms with Crippen LogP contribution in [-0.2, 0) is 0 Å². The van der Waals surface area contributed by atoms with Crippen molar-refractivity contribution >= 4 is 23.2 Å². The molecule has 12 heavy (non-hydrogen) atoms. The van der Waals surface area contributed by atoms with Crippen molar-refractivity contribution in [3.05, 3.63) is 33.9 Å². The Morgan fingerprint density at radius 3 is 2.67 bits per heavy atom. The maximum absolute atomic E-state index is 10.3. The van der Waals surface area contributed by atoms with Crippen molar-refractivity contribution in [2.45, 2.75) is 6.92 Å². The molecule has 1 aromatic carbocycles. The first kappa shape index (κ1) is 8.80. The number of aryl methyl sites for hydroxylation is 1. The molecule has 0 spiro atoms. The molecular weight excluding hydrogens is 180 g/mol. The second kappa shape index (κ2) is 3.40. The van der Waals surface area contributed by atoms with Gasteiger partial charge in [0.25, 0.3) is 5.69 Å². The van der Waals surface area contributed by atoms with Gasteiger partial charge in [0.1, 0.15) is 0 Å². The molecule has 0 atom stereocenters. The molecule has 64 valence electrons. The van der Waals surface area contributed by atoms with Crippen molar-refractivity contribution in [2.24, 2.45) is 0 Å². The van der Waals surface area contributed by atoms with Gasteiger partial charge in [-0.2, -0.15) is 0 Å². The van der Waals surface area contributed by atoms with Crippen LogP contribution in [0.5, 0.6) is 0 Å². The fourth-order valence-electron chi connectivity index (χ4n) is 0.867. The Labute approximate surface area is 74.4 Å². The number of nitrogens with one attached hydrogen (secondary N) is 1. The SMILES string of the molecule is Cc1cc([N+](=O)[O-])ccc1NCl. The number of nitrogens with zero attached hydrogens (tertiary/aromatic N) is 1. The van der Waals surface area contributed by atoms with Crippen LogP contribution in [0, 0.1) is 17.0 Å². The van der Waals surface area contributed by atoms with Crippen molar-refractivity contribution in [3.8, 4) is 0 Å². The summed E-state index contributed by atoms with van der Waals surface area (Å²) in [4.78, 5) is 12.3. The second-order valence-electron chi connectivity index (χ2n) is 2.35. The van der Waals surface area contributed by atoms with Crippen molar-refractivity contribution in [3.63, 3.8) is 0 Å². The number of anilines is 1. The van der Waals surface area contributed by atoms with Crippen LogP contribution in [0.25, 0.3) is 0 Å². The highest BCUT2D eigenvalue weighted by Crippen LogP contribution is 2.21. The van der Waals surface area contributed by atoms with Crippen LogP contribution >= 0.6 is 11.8 Å². The largest absolute Gasteiger partial charge is 0.298 e. The van der Waals surface area contributed by atoms with Gasteiger partial charge in [0.2, 0.25) is 0 Å². The molecule has 0 aromatic heterocycles. The standard InChI is InChI=1S/C7H7ClN2O2/c1-5-4-6(10(11)12)2-3-7(5)9-8/h2-4,9H,1H3. The lowest BCUT2D eigenvalue weighted by atomic mass is 10.2. The molecule has 0 saturated heterocycles. The molecule has 0 aliphatic heterocycles. The number of rotatable bonds is 2. The number of benzene rings is 1. The van der Waals surface area contributed by atoms with Crippen molar-refractivity contribution < 1.29 is 4.92 Å². The molecule has 0 radical (unpaired) electrons. The lowest BCUT2D eigenvalue weighted by Crippen LogP contribution is -1.90. The van der Waals surface area contributed by atoms with Gasteiger partial charge in [-0.05, 0) is 18.6 Å². The van der Waals surface area contributed by atoms with E-state index in [9.17, 15) is 10.1 Å². The number of hydrogen-bond donors (Lipinski definition) is 1. The van der Waals surface area contributed by atoms with Gasteiger partial charge in [-0.15, -0.1) is 0 Å². The summed E-state index contributed by atoms with van der Waals surface area (Å²) < 4.78 is 0. The molecule has 0 aliphatic rings. The van der Waals surface area contributed by atoms with Gasteiger partial charge in [-0.25, -0.2) is 0 Å². The van der Waals surface area contributed by atoms with Crippen LogP contribution in [-0.4, -0.2) is 4.92 Å². The molecule has 5 heteroatoms. The highest BCUT2D eigenvalue weighted by molar-refractivity contribution is 6.24. The Hall–Kier alpha value is -1.29. The quantitative estimate of drug-likeness (QED) is 0.439. The lowest BCUT2D eigenvalue weighted by Gasteiger charge is -2.01. The van der Waals surface area contributed by atoms with Crippen LogP contribution in [0.4, 0.5) is 11.4 Å². The number of non-ortho nitro benzene ring substituents is 1. The van der Waals surface area contributed by atoms with Crippen LogP contribution in [0.3, 0.4) is 0 Å². The van der Waals surface area contributed by atoms with E-state index in [1.165, 1.54) is 12.1 Å². The highest BCUT2D eigenvalue weighted by atomic mass is 35.5. The van der Waals surface area contributed by atoms with Gasteiger partial charge in [0.05, 0.1) is 10.6 Å². The summed E-state index contributed by atoms with van der Waals surface area (Å²) in [6.45, 7) is 1.75. The topological polar surface area (TPSA) is 55.2 Å². The molecule has 1 rings (SSSR count). The van der Waals surface area contributed by atoms with E-state index >= 15 is 0 Å². The molecular formula is C7H7ClN2O2. The third kappa shape index (κ3) is 1.65. The first-order chi connectivity index (χ1) is 5.65. The maximum atomic E-state index is 10.3. The zero-order chi connectivity index (χ0) is 9.14. The van der Waals surface area contributed by atoms with Crippen LogP contribution in [0.2, 0.25) is 0 Å². The molecule has 0 heterocycles. The van der Waals surface area contributed by atoms with E-state index in [0.29, 0.717) is 5.69 Å². The number of nitro groups is 1. The maximum Gasteiger partial charge on any atom is 0.269 e. The minimum atomic E-state index is -0.439. The smallest absolute Gasteiger partial charge is 0.269 e. The molecule has 0 unspecified atom stereocenters. The Morgan fingerprint density at radius 2 is 2.25 bits per heavy atom. The molecule has 1 aromatic rings. The Morgan fingerprint density at radius 1 is 1.58 bits per heavy atom. The fraction of sp³-hybridized carbons (Fsp3) is 0.143. The Balaban J connectivity index is 3.10. The minimum absolute atomic E-state index is 0.0724. The zero-order valence-corrected chi connectivity index (χ0v) is 7.13. The summed E-state index contributed by atoms with van der Waals surface area (Å²) in [5, 5.41) is 10.3. The molecule has 0 aliphatic carbocycles. The van der Waals surface area contributed by atoms with Gasteiger partial charge >= 0.3 is 0 Å². The number of hydrogen-bond acceptors (Lipinski definition) is 3. The van der Waals surface area contributed by atoms with E-state index in [1.54, 1.807) is 13.0 Å². The van der Waals surface area contributed by atoms with Gasteiger partial charge < -0.3 is 0 Å². The average Bonchev–Trinajstić information content (AvgIpc) is 2.04. The van der Waals surface area contributed by atoms with Crippen molar-refractivity contribution in [1.82, 2.24) is 0 Å². The second-order valence-corrected chi connectivity index (χ2v) is 2.54. The fourth-order valence-corrected chi connectivity index (χ4v) is 1.08. The zero-order valence-electron chi connectivity index (χ0n) is 6.37. The molecule has 0 saturated carbocycles. The van der Waals surface area contributed by atoms with E-state index in [2.05, 4.69) is 4.84 Å². The Bertz CT molecular complexity index is 314. The summed E-state index contributed by atoms with van der Waals surface area (Å²) in [5.41, 5.74) is 1.50. The molecule has 0 fully saturated rings. The van der Waals surface area contributed by atoms with Crippen molar-refractivity contribution in [1.29, 1.82) is 0 Å². The summed E-state index contributed by atoms with van der Waals surface area (Å²) in [5.74, 6) is 0. The molecule has 0 amide bonds. The average molecular weight is 187 g/mol. The molecule has 1 N–H and O–H groups in total. The molecule has 0 bridgehead atoms. The minimum Gasteiger partial charge on any atom is -0.298 e. The van der Waals surface area contributed by atoms with E-state index in [-0.39, 0.29) is 5.69 Å². The van der Waals surface area contributed by atoms with E-state index in [4.69, 9.17) is 11.8 Å². The highest BCUT2D eigenvalue weighted by Gasteiger charge is 2.06. The van der Waals surface area contributed by atoms with Gasteiger partial charge in [0, 0.05) is 23.9 Å². The van der Waals surface area contributed by atoms with Gasteiger partial charge in [-0.1, -0.05) is 0 Å². The van der Waals surface area contributed by atoms with Gasteiger partial charge in [0.15, 0.2) is 0 Å². The van der Waals surface area contributed by atoms with E-state index in [0.717, 1.165) is 5.56 Å². The van der Waals surface area contributed by atoms with Crippen molar-refractivity contribution in [2.75, 3.05) is 4.84 Å². The predicted octanol–water partition coefficient (Wildman–Crippen LogP) is 2.47. The Kier molecular flexibility index (Phi) is 2.50. The summed E-state index contributed by atoms with van der Waals surface area (Å²) in [7, 11) is 0. The monoisotopic (exact) mass is 186 g/mol. The van der Waals surface area contributed by atoms with Crippen LogP contribution in [0.15, 0.2) is 18.2 Å². The normalized spacial score (nSPS) is 9.50. The summed E-state index contributed by atoms with van der Waals surface area (Å²) in [6.07, 6.45) is 0. The first-order valence-corrected chi connectivity index (χ1v) is 3.64. The number of nitro benzene ring substituents is 1. The first-order valence-electron chi connectivity index (χ1n) is 3.27. The summed E-state index contributed by atoms with van der Waals surface area (Å²) >= 11 is 5.34. The summed E-state index contributed by atoms with van der Waals surface area (Å²) in [6, 6.07) is 4.43. The molecule has 4 nitrogen and oxygen atoms in total.